The fourth-order valence-electron chi connectivity index (χ4n) is 2.86. The predicted molar refractivity (Wildman–Crippen MR) is 112 cm³/mol. The van der Waals surface area contributed by atoms with Crippen molar-refractivity contribution < 1.29 is 8.42 Å². The van der Waals surface area contributed by atoms with Gasteiger partial charge < -0.3 is 0 Å². The van der Waals surface area contributed by atoms with Gasteiger partial charge in [-0.3, -0.25) is 0 Å². The van der Waals surface area contributed by atoms with Crippen molar-refractivity contribution >= 4 is 32.8 Å². The Labute approximate surface area is 167 Å². The zero-order chi connectivity index (χ0) is 18.9. The lowest BCUT2D eigenvalue weighted by molar-refractivity contribution is 0.598. The summed E-state index contributed by atoms with van der Waals surface area (Å²) >= 11 is 7.22. The van der Waals surface area contributed by atoms with Crippen molar-refractivity contribution in [2.45, 2.75) is 9.10 Å². The van der Waals surface area contributed by atoms with E-state index < -0.39 is 9.84 Å². The topological polar surface area (TPSA) is 34.1 Å². The Bertz CT molecular complexity index is 1160. The summed E-state index contributed by atoms with van der Waals surface area (Å²) < 4.78 is 27.0. The van der Waals surface area contributed by atoms with E-state index in [2.05, 4.69) is 0 Å². The van der Waals surface area contributed by atoms with E-state index in [1.807, 2.05) is 66.7 Å². The van der Waals surface area contributed by atoms with E-state index in [4.69, 9.17) is 11.6 Å². The van der Waals surface area contributed by atoms with Gasteiger partial charge in [-0.2, -0.15) is 0 Å². The van der Waals surface area contributed by atoms with E-state index in [0.717, 1.165) is 21.6 Å². The van der Waals surface area contributed by atoms with Crippen molar-refractivity contribution in [3.8, 4) is 21.6 Å². The molecule has 0 saturated heterocycles. The second-order valence-electron chi connectivity index (χ2n) is 6.00. The molecule has 1 heterocycles. The highest BCUT2D eigenvalue weighted by Crippen LogP contribution is 2.42. The molecular weight excluding hydrogens is 396 g/mol. The largest absolute Gasteiger partial charge is 0.218 e. The minimum Gasteiger partial charge on any atom is -0.218 e. The lowest BCUT2D eigenvalue weighted by atomic mass is 10.1. The van der Waals surface area contributed by atoms with E-state index in [1.165, 1.54) is 11.3 Å². The van der Waals surface area contributed by atoms with Crippen molar-refractivity contribution in [2.75, 3.05) is 0 Å². The third-order valence-electron chi connectivity index (χ3n) is 4.21. The van der Waals surface area contributed by atoms with Gasteiger partial charge in [-0.15, -0.1) is 11.3 Å². The molecule has 0 atom stereocenters. The summed E-state index contributed by atoms with van der Waals surface area (Å²) in [5.74, 6) is 0. The van der Waals surface area contributed by atoms with Crippen LogP contribution < -0.4 is 0 Å². The van der Waals surface area contributed by atoms with Crippen LogP contribution in [0.4, 0.5) is 0 Å². The van der Waals surface area contributed by atoms with Crippen LogP contribution in [0.2, 0.25) is 5.02 Å². The highest BCUT2D eigenvalue weighted by Gasteiger charge is 2.25. The Kier molecular flexibility index (Phi) is 4.87. The van der Waals surface area contributed by atoms with Gasteiger partial charge in [0.15, 0.2) is 0 Å². The van der Waals surface area contributed by atoms with Gasteiger partial charge >= 0.3 is 0 Å². The maximum absolute atomic E-state index is 13.4. The third kappa shape index (κ3) is 3.56. The Balaban J connectivity index is 1.93. The van der Waals surface area contributed by atoms with Crippen LogP contribution >= 0.6 is 22.9 Å². The SMILES string of the molecule is O=S(=O)(c1ccc(Cl)cc1)c1sc(-c2ccccc2)cc1-c1ccccc1. The molecule has 0 aliphatic heterocycles. The molecule has 0 N–H and O–H groups in total. The first-order chi connectivity index (χ1) is 13.1. The molecule has 134 valence electrons. The number of halogens is 1. The number of benzene rings is 3. The average Bonchev–Trinajstić information content (AvgIpc) is 3.16. The minimum absolute atomic E-state index is 0.241. The molecule has 0 saturated carbocycles. The highest BCUT2D eigenvalue weighted by molar-refractivity contribution is 7.93. The number of thiophene rings is 1. The van der Waals surface area contributed by atoms with E-state index in [9.17, 15) is 8.42 Å². The molecule has 0 radical (unpaired) electrons. The second kappa shape index (κ2) is 7.31. The summed E-state index contributed by atoms with van der Waals surface area (Å²) in [4.78, 5) is 1.16. The Hall–Kier alpha value is -2.40. The molecule has 2 nitrogen and oxygen atoms in total. The number of sulfone groups is 1. The number of hydrogen-bond donors (Lipinski definition) is 0. The molecule has 0 amide bonds. The number of hydrogen-bond acceptors (Lipinski definition) is 3. The molecule has 0 unspecified atom stereocenters. The highest BCUT2D eigenvalue weighted by atomic mass is 35.5. The summed E-state index contributed by atoms with van der Waals surface area (Å²) in [6, 6.07) is 27.7. The van der Waals surface area contributed by atoms with Gasteiger partial charge in [0.25, 0.3) is 0 Å². The number of rotatable bonds is 4. The van der Waals surface area contributed by atoms with Gasteiger partial charge in [-0.1, -0.05) is 72.3 Å². The Morgan fingerprint density at radius 3 is 1.85 bits per heavy atom. The maximum atomic E-state index is 13.4. The first kappa shape index (κ1) is 18.0. The first-order valence-corrected chi connectivity index (χ1v) is 11.0. The molecule has 4 aromatic rings. The standard InChI is InChI=1S/C22H15ClO2S2/c23-18-11-13-19(14-12-18)27(24,25)22-20(16-7-3-1-4-8-16)15-21(26-22)17-9-5-2-6-10-17/h1-15H. The predicted octanol–water partition coefficient (Wildman–Crippen LogP) is 6.57. The van der Waals surface area contributed by atoms with Gasteiger partial charge in [0.05, 0.1) is 4.90 Å². The minimum atomic E-state index is -3.66. The monoisotopic (exact) mass is 410 g/mol. The van der Waals surface area contributed by atoms with Crippen LogP contribution in [0.1, 0.15) is 0 Å². The van der Waals surface area contributed by atoms with E-state index in [-0.39, 0.29) is 4.90 Å². The van der Waals surface area contributed by atoms with Gasteiger partial charge in [-0.05, 0) is 41.5 Å². The van der Waals surface area contributed by atoms with Crippen molar-refractivity contribution in [3.63, 3.8) is 0 Å². The van der Waals surface area contributed by atoms with Crippen LogP contribution in [0.3, 0.4) is 0 Å². The van der Waals surface area contributed by atoms with Crippen LogP contribution in [0.15, 0.2) is 100 Å². The molecule has 27 heavy (non-hydrogen) atoms. The summed E-state index contributed by atoms with van der Waals surface area (Å²) in [7, 11) is -3.66. The van der Waals surface area contributed by atoms with E-state index in [1.54, 1.807) is 24.3 Å². The fourth-order valence-corrected chi connectivity index (χ4v) is 6.07. The Morgan fingerprint density at radius 1 is 0.704 bits per heavy atom. The molecular formula is C22H15ClO2S2. The molecule has 0 aliphatic rings. The third-order valence-corrected chi connectivity index (χ3v) is 7.95. The normalized spacial score (nSPS) is 11.4. The van der Waals surface area contributed by atoms with Gasteiger partial charge in [-0.25, -0.2) is 8.42 Å². The molecule has 0 bridgehead atoms. The van der Waals surface area contributed by atoms with Crippen molar-refractivity contribution in [2.24, 2.45) is 0 Å². The van der Waals surface area contributed by atoms with E-state index in [0.29, 0.717) is 9.23 Å². The summed E-state index contributed by atoms with van der Waals surface area (Å²) in [6.45, 7) is 0. The van der Waals surface area contributed by atoms with Crippen LogP contribution in [0.25, 0.3) is 21.6 Å². The molecule has 3 aromatic carbocycles. The molecule has 1 aromatic heterocycles. The van der Waals surface area contributed by atoms with Gasteiger partial charge in [0, 0.05) is 15.5 Å². The average molecular weight is 411 g/mol. The van der Waals surface area contributed by atoms with Crippen LogP contribution in [0.5, 0.6) is 0 Å². The van der Waals surface area contributed by atoms with Crippen molar-refractivity contribution in [1.82, 2.24) is 0 Å². The smallest absolute Gasteiger partial charge is 0.216 e. The van der Waals surface area contributed by atoms with Crippen molar-refractivity contribution in [1.29, 1.82) is 0 Å². The first-order valence-electron chi connectivity index (χ1n) is 8.31. The van der Waals surface area contributed by atoms with Crippen LogP contribution in [-0.4, -0.2) is 8.42 Å². The lowest BCUT2D eigenvalue weighted by Gasteiger charge is -2.06. The van der Waals surface area contributed by atoms with Crippen molar-refractivity contribution in [3.05, 3.63) is 96.0 Å². The maximum Gasteiger partial charge on any atom is 0.216 e. The quantitative estimate of drug-likeness (QED) is 0.381. The Morgan fingerprint density at radius 2 is 1.26 bits per heavy atom. The van der Waals surface area contributed by atoms with Gasteiger partial charge in [0.2, 0.25) is 9.84 Å². The molecule has 0 fully saturated rings. The zero-order valence-corrected chi connectivity index (χ0v) is 16.6. The van der Waals surface area contributed by atoms with Crippen LogP contribution in [0, 0.1) is 0 Å². The van der Waals surface area contributed by atoms with Gasteiger partial charge in [0.1, 0.15) is 4.21 Å². The fraction of sp³-hybridized carbons (Fsp3) is 0. The summed E-state index contributed by atoms with van der Waals surface area (Å²) in [6.07, 6.45) is 0. The van der Waals surface area contributed by atoms with E-state index >= 15 is 0 Å². The molecule has 0 aliphatic carbocycles. The second-order valence-corrected chi connectivity index (χ2v) is 9.63. The molecule has 0 spiro atoms. The summed E-state index contributed by atoms with van der Waals surface area (Å²) in [5, 5.41) is 0.508. The zero-order valence-electron chi connectivity index (χ0n) is 14.2. The summed E-state index contributed by atoms with van der Waals surface area (Å²) in [5.41, 5.74) is 2.59. The van der Waals surface area contributed by atoms with Crippen LogP contribution in [-0.2, 0) is 9.84 Å². The lowest BCUT2D eigenvalue weighted by Crippen LogP contribution is -2.01. The molecule has 5 heteroatoms. The molecule has 4 rings (SSSR count).